The molecule has 3 rings (SSSR count). The summed E-state index contributed by atoms with van der Waals surface area (Å²) < 4.78 is 13.6. The lowest BCUT2D eigenvalue weighted by atomic mass is 10.1. The molecule has 118 valence electrons. The third kappa shape index (κ3) is 3.56. The van der Waals surface area contributed by atoms with E-state index in [4.69, 9.17) is 0 Å². The highest BCUT2D eigenvalue weighted by atomic mass is 19.1. The first-order valence-corrected chi connectivity index (χ1v) is 7.51. The quantitative estimate of drug-likeness (QED) is 0.905. The predicted octanol–water partition coefficient (Wildman–Crippen LogP) is 3.67. The molecule has 2 aromatic carbocycles. The maximum absolute atomic E-state index is 13.6. The second-order valence-corrected chi connectivity index (χ2v) is 5.82. The molecular formula is C18H17FN2O2. The van der Waals surface area contributed by atoms with E-state index in [0.717, 1.165) is 6.42 Å². The molecule has 1 saturated carbocycles. The third-order valence-electron chi connectivity index (χ3n) is 3.96. The molecule has 2 N–H and O–H groups in total. The van der Waals surface area contributed by atoms with Gasteiger partial charge in [-0.2, -0.15) is 0 Å². The summed E-state index contributed by atoms with van der Waals surface area (Å²) in [4.78, 5) is 24.2. The standard InChI is InChI=1S/C18H17FN2O2/c1-11-9-14(11)18(23)20-13-6-4-5-12(10-13)17(22)21-16-8-3-2-7-15(16)19/h2-8,10-11,14H,9H2,1H3,(H,20,23)(H,21,22)/t11-,14+/m1/s1. The van der Waals surface area contributed by atoms with Crippen molar-refractivity contribution < 1.29 is 14.0 Å². The summed E-state index contributed by atoms with van der Waals surface area (Å²) in [7, 11) is 0. The van der Waals surface area contributed by atoms with E-state index in [-0.39, 0.29) is 17.5 Å². The highest BCUT2D eigenvalue weighted by Crippen LogP contribution is 2.38. The van der Waals surface area contributed by atoms with Crippen molar-refractivity contribution in [3.05, 3.63) is 59.9 Å². The molecule has 2 amide bonds. The SMILES string of the molecule is C[C@@H]1C[C@@H]1C(=O)Nc1cccc(C(=O)Nc2ccccc2F)c1. The van der Waals surface area contributed by atoms with Crippen molar-refractivity contribution in [2.24, 2.45) is 11.8 Å². The Labute approximate surface area is 133 Å². The molecule has 5 heteroatoms. The number of rotatable bonds is 4. The van der Waals surface area contributed by atoms with Crippen LogP contribution in [0.5, 0.6) is 0 Å². The third-order valence-corrected chi connectivity index (χ3v) is 3.96. The number of para-hydroxylation sites is 1. The first-order valence-electron chi connectivity index (χ1n) is 7.51. The van der Waals surface area contributed by atoms with Crippen molar-refractivity contribution in [3.8, 4) is 0 Å². The summed E-state index contributed by atoms with van der Waals surface area (Å²) in [5.41, 5.74) is 1.05. The van der Waals surface area contributed by atoms with E-state index in [2.05, 4.69) is 10.6 Å². The average Bonchev–Trinajstić information content (AvgIpc) is 3.27. The minimum absolute atomic E-state index is 0.0239. The first kappa shape index (κ1) is 15.2. The smallest absolute Gasteiger partial charge is 0.255 e. The van der Waals surface area contributed by atoms with E-state index in [1.807, 2.05) is 6.92 Å². The van der Waals surface area contributed by atoms with Gasteiger partial charge in [-0.3, -0.25) is 9.59 Å². The van der Waals surface area contributed by atoms with Crippen LogP contribution in [-0.4, -0.2) is 11.8 Å². The van der Waals surface area contributed by atoms with Crippen LogP contribution in [0.15, 0.2) is 48.5 Å². The van der Waals surface area contributed by atoms with Gasteiger partial charge in [-0.25, -0.2) is 4.39 Å². The summed E-state index contributed by atoms with van der Waals surface area (Å²) in [6, 6.07) is 12.6. The van der Waals surface area contributed by atoms with Crippen LogP contribution >= 0.6 is 0 Å². The molecule has 1 aliphatic rings. The molecule has 23 heavy (non-hydrogen) atoms. The van der Waals surface area contributed by atoms with Gasteiger partial charge in [0.25, 0.3) is 5.91 Å². The molecule has 4 nitrogen and oxygen atoms in total. The molecule has 1 fully saturated rings. The normalized spacial score (nSPS) is 19.0. The number of halogens is 1. The molecular weight excluding hydrogens is 295 g/mol. The summed E-state index contributed by atoms with van der Waals surface area (Å²) in [6.07, 6.45) is 0.902. The van der Waals surface area contributed by atoms with Gasteiger partial charge < -0.3 is 10.6 Å². The van der Waals surface area contributed by atoms with Crippen LogP contribution in [0.4, 0.5) is 15.8 Å². The fourth-order valence-corrected chi connectivity index (χ4v) is 2.42. The lowest BCUT2D eigenvalue weighted by Gasteiger charge is -2.09. The number of carbonyl (C=O) groups excluding carboxylic acids is 2. The Balaban J connectivity index is 1.70. The average molecular weight is 312 g/mol. The number of hydrogen-bond acceptors (Lipinski definition) is 2. The van der Waals surface area contributed by atoms with E-state index in [1.54, 1.807) is 36.4 Å². The number of benzene rings is 2. The zero-order valence-electron chi connectivity index (χ0n) is 12.7. The van der Waals surface area contributed by atoms with Crippen LogP contribution in [0.1, 0.15) is 23.7 Å². The second-order valence-electron chi connectivity index (χ2n) is 5.82. The molecule has 2 aromatic rings. The molecule has 0 aromatic heterocycles. The van der Waals surface area contributed by atoms with E-state index in [1.165, 1.54) is 12.1 Å². The summed E-state index contributed by atoms with van der Waals surface area (Å²) in [5, 5.41) is 5.33. The lowest BCUT2D eigenvalue weighted by Crippen LogP contribution is -2.16. The van der Waals surface area contributed by atoms with Crippen molar-refractivity contribution in [1.82, 2.24) is 0 Å². The lowest BCUT2D eigenvalue weighted by molar-refractivity contribution is -0.117. The Hall–Kier alpha value is -2.69. The van der Waals surface area contributed by atoms with Crippen LogP contribution in [0.2, 0.25) is 0 Å². The molecule has 0 unspecified atom stereocenters. The highest BCUT2D eigenvalue weighted by molar-refractivity contribution is 6.05. The minimum Gasteiger partial charge on any atom is -0.326 e. The summed E-state index contributed by atoms with van der Waals surface area (Å²) in [6.45, 7) is 2.03. The number of anilines is 2. The Kier molecular flexibility index (Phi) is 4.10. The molecule has 0 heterocycles. The summed E-state index contributed by atoms with van der Waals surface area (Å²) >= 11 is 0. The van der Waals surface area contributed by atoms with Crippen molar-refractivity contribution >= 4 is 23.2 Å². The van der Waals surface area contributed by atoms with Crippen LogP contribution in [-0.2, 0) is 4.79 Å². The fraction of sp³-hybridized carbons (Fsp3) is 0.222. The fourth-order valence-electron chi connectivity index (χ4n) is 2.42. The van der Waals surface area contributed by atoms with Gasteiger partial charge in [0.2, 0.25) is 5.91 Å². The van der Waals surface area contributed by atoms with Crippen molar-refractivity contribution in [2.75, 3.05) is 10.6 Å². The van der Waals surface area contributed by atoms with Crippen molar-refractivity contribution in [2.45, 2.75) is 13.3 Å². The molecule has 0 radical (unpaired) electrons. The van der Waals surface area contributed by atoms with Crippen LogP contribution in [0.25, 0.3) is 0 Å². The van der Waals surface area contributed by atoms with Gasteiger partial charge in [-0.15, -0.1) is 0 Å². The van der Waals surface area contributed by atoms with Gasteiger partial charge in [0.15, 0.2) is 0 Å². The Morgan fingerprint density at radius 3 is 2.52 bits per heavy atom. The first-order chi connectivity index (χ1) is 11.0. The van der Waals surface area contributed by atoms with E-state index >= 15 is 0 Å². The van der Waals surface area contributed by atoms with E-state index in [9.17, 15) is 14.0 Å². The van der Waals surface area contributed by atoms with E-state index in [0.29, 0.717) is 17.2 Å². The second kappa shape index (κ2) is 6.20. The highest BCUT2D eigenvalue weighted by Gasteiger charge is 2.39. The Bertz CT molecular complexity index is 760. The monoisotopic (exact) mass is 312 g/mol. The molecule has 1 aliphatic carbocycles. The zero-order chi connectivity index (χ0) is 16.4. The maximum atomic E-state index is 13.6. The predicted molar refractivity (Wildman–Crippen MR) is 86.7 cm³/mol. The van der Waals surface area contributed by atoms with Gasteiger partial charge in [0, 0.05) is 17.2 Å². The zero-order valence-corrected chi connectivity index (χ0v) is 12.7. The van der Waals surface area contributed by atoms with Crippen LogP contribution in [0, 0.1) is 17.7 Å². The van der Waals surface area contributed by atoms with Gasteiger partial charge in [-0.05, 0) is 42.7 Å². The number of carbonyl (C=O) groups is 2. The van der Waals surface area contributed by atoms with Gasteiger partial charge in [0.05, 0.1) is 5.69 Å². The molecule has 0 aliphatic heterocycles. The van der Waals surface area contributed by atoms with Crippen LogP contribution < -0.4 is 10.6 Å². The molecule has 2 atom stereocenters. The largest absolute Gasteiger partial charge is 0.326 e. The van der Waals surface area contributed by atoms with Crippen molar-refractivity contribution in [1.29, 1.82) is 0 Å². The summed E-state index contributed by atoms with van der Waals surface area (Å²) in [5.74, 6) is -0.461. The number of amides is 2. The topological polar surface area (TPSA) is 58.2 Å². The van der Waals surface area contributed by atoms with Crippen LogP contribution in [0.3, 0.4) is 0 Å². The Morgan fingerprint density at radius 1 is 1.09 bits per heavy atom. The van der Waals surface area contributed by atoms with E-state index < -0.39 is 11.7 Å². The van der Waals surface area contributed by atoms with Gasteiger partial charge in [-0.1, -0.05) is 25.1 Å². The molecule has 0 bridgehead atoms. The number of nitrogens with one attached hydrogen (secondary N) is 2. The molecule has 0 spiro atoms. The molecule has 0 saturated heterocycles. The van der Waals surface area contributed by atoms with Gasteiger partial charge >= 0.3 is 0 Å². The van der Waals surface area contributed by atoms with Crippen molar-refractivity contribution in [3.63, 3.8) is 0 Å². The Morgan fingerprint density at radius 2 is 1.83 bits per heavy atom. The maximum Gasteiger partial charge on any atom is 0.255 e. The minimum atomic E-state index is -0.493. The van der Waals surface area contributed by atoms with Gasteiger partial charge in [0.1, 0.15) is 5.82 Å². The number of hydrogen-bond donors (Lipinski definition) is 2.